The van der Waals surface area contributed by atoms with Crippen LogP contribution in [0.1, 0.15) is 0 Å². The third-order valence-corrected chi connectivity index (χ3v) is 4.04. The summed E-state index contributed by atoms with van der Waals surface area (Å²) in [6, 6.07) is 7.92. The number of thiazole rings is 1. The Bertz CT molecular complexity index is 660. The van der Waals surface area contributed by atoms with Crippen LogP contribution in [-0.2, 0) is 4.79 Å². The SMILES string of the molecule is O=C(CSc1[nH]c2ccccc2[nH+]1)Nc1nccs1. The van der Waals surface area contributed by atoms with Crippen LogP contribution < -0.4 is 10.3 Å². The molecule has 0 aliphatic carbocycles. The summed E-state index contributed by atoms with van der Waals surface area (Å²) >= 11 is 2.84. The minimum Gasteiger partial charge on any atom is -0.301 e. The number of carbonyl (C=O) groups is 1. The summed E-state index contributed by atoms with van der Waals surface area (Å²) < 4.78 is 0. The van der Waals surface area contributed by atoms with Crippen LogP contribution in [0.15, 0.2) is 41.0 Å². The largest absolute Gasteiger partial charge is 0.315 e. The minimum atomic E-state index is -0.0630. The number of thioether (sulfide) groups is 1. The van der Waals surface area contributed by atoms with Crippen molar-refractivity contribution in [3.63, 3.8) is 0 Å². The Kier molecular flexibility index (Phi) is 3.47. The number of rotatable bonds is 4. The van der Waals surface area contributed by atoms with Gasteiger partial charge in [0.15, 0.2) is 16.2 Å². The quantitative estimate of drug-likeness (QED) is 0.724. The van der Waals surface area contributed by atoms with Gasteiger partial charge in [-0.25, -0.2) is 15.0 Å². The van der Waals surface area contributed by atoms with Gasteiger partial charge in [-0.15, -0.1) is 11.3 Å². The fraction of sp³-hybridized carbons (Fsp3) is 0.0833. The topological polar surface area (TPSA) is 71.9 Å². The van der Waals surface area contributed by atoms with Gasteiger partial charge in [-0.2, -0.15) is 0 Å². The molecule has 3 aromatic rings. The first-order chi connectivity index (χ1) is 9.31. The lowest BCUT2D eigenvalue weighted by Gasteiger charge is -1.97. The van der Waals surface area contributed by atoms with Crippen molar-refractivity contribution < 1.29 is 9.78 Å². The normalized spacial score (nSPS) is 10.7. The average molecular weight is 291 g/mol. The molecule has 1 aromatic carbocycles. The lowest BCUT2D eigenvalue weighted by atomic mass is 10.3. The van der Waals surface area contributed by atoms with E-state index in [4.69, 9.17) is 0 Å². The third-order valence-electron chi connectivity index (χ3n) is 2.45. The summed E-state index contributed by atoms with van der Waals surface area (Å²) in [6.45, 7) is 0. The van der Waals surface area contributed by atoms with Crippen LogP contribution in [0.3, 0.4) is 0 Å². The molecule has 2 aromatic heterocycles. The van der Waals surface area contributed by atoms with Crippen molar-refractivity contribution >= 4 is 45.2 Å². The third kappa shape index (κ3) is 2.94. The molecule has 0 aliphatic heterocycles. The summed E-state index contributed by atoms with van der Waals surface area (Å²) in [7, 11) is 0. The van der Waals surface area contributed by atoms with Gasteiger partial charge < -0.3 is 5.32 Å². The monoisotopic (exact) mass is 291 g/mol. The van der Waals surface area contributed by atoms with Gasteiger partial charge in [0, 0.05) is 11.6 Å². The number of aromatic amines is 2. The van der Waals surface area contributed by atoms with Gasteiger partial charge in [0.25, 0.3) is 0 Å². The molecular formula is C12H11N4OS2+. The molecule has 0 aliphatic rings. The maximum absolute atomic E-state index is 11.7. The molecule has 7 heteroatoms. The molecule has 3 N–H and O–H groups in total. The molecule has 0 atom stereocenters. The molecular weight excluding hydrogens is 280 g/mol. The van der Waals surface area contributed by atoms with Crippen molar-refractivity contribution in [2.24, 2.45) is 0 Å². The smallest absolute Gasteiger partial charge is 0.301 e. The highest BCUT2D eigenvalue weighted by atomic mass is 32.2. The van der Waals surface area contributed by atoms with Crippen LogP contribution in [0.5, 0.6) is 0 Å². The Morgan fingerprint density at radius 2 is 2.37 bits per heavy atom. The van der Waals surface area contributed by atoms with Crippen molar-refractivity contribution in [3.8, 4) is 0 Å². The van der Waals surface area contributed by atoms with E-state index in [2.05, 4.69) is 20.3 Å². The number of nitrogens with one attached hydrogen (secondary N) is 3. The molecule has 0 spiro atoms. The molecule has 5 nitrogen and oxygen atoms in total. The maximum Gasteiger partial charge on any atom is 0.315 e. The Balaban J connectivity index is 1.61. The van der Waals surface area contributed by atoms with Crippen molar-refractivity contribution in [1.29, 1.82) is 0 Å². The molecule has 0 saturated heterocycles. The molecule has 0 fully saturated rings. The van der Waals surface area contributed by atoms with Gasteiger partial charge in [0.05, 0.1) is 5.75 Å². The van der Waals surface area contributed by atoms with E-state index in [-0.39, 0.29) is 5.91 Å². The van der Waals surface area contributed by atoms with Gasteiger partial charge in [0.1, 0.15) is 0 Å². The van der Waals surface area contributed by atoms with Gasteiger partial charge in [0.2, 0.25) is 5.91 Å². The lowest BCUT2D eigenvalue weighted by molar-refractivity contribution is -0.396. The van der Waals surface area contributed by atoms with Crippen molar-refractivity contribution in [3.05, 3.63) is 35.8 Å². The fourth-order valence-corrected chi connectivity index (χ4v) is 2.88. The summed E-state index contributed by atoms with van der Waals surface area (Å²) in [5.41, 5.74) is 2.07. The lowest BCUT2D eigenvalue weighted by Crippen LogP contribution is -2.15. The minimum absolute atomic E-state index is 0.0630. The molecule has 96 valence electrons. The van der Waals surface area contributed by atoms with Crippen molar-refractivity contribution in [1.82, 2.24) is 9.97 Å². The van der Waals surface area contributed by atoms with E-state index >= 15 is 0 Å². The number of nitrogens with zero attached hydrogens (tertiary/aromatic N) is 1. The zero-order chi connectivity index (χ0) is 13.1. The second-order valence-electron chi connectivity index (χ2n) is 3.80. The molecule has 19 heavy (non-hydrogen) atoms. The molecule has 1 amide bonds. The van der Waals surface area contributed by atoms with Gasteiger partial charge in [-0.05, 0) is 23.9 Å². The number of amides is 1. The summed E-state index contributed by atoms with van der Waals surface area (Å²) in [4.78, 5) is 22.2. The van der Waals surface area contributed by atoms with E-state index in [9.17, 15) is 4.79 Å². The van der Waals surface area contributed by atoms with Crippen molar-refractivity contribution in [2.45, 2.75) is 5.16 Å². The van der Waals surface area contributed by atoms with Crippen LogP contribution in [0.4, 0.5) is 5.13 Å². The van der Waals surface area contributed by atoms with E-state index in [0.717, 1.165) is 16.2 Å². The first-order valence-electron chi connectivity index (χ1n) is 5.63. The Morgan fingerprint density at radius 1 is 1.47 bits per heavy atom. The zero-order valence-corrected chi connectivity index (χ0v) is 11.5. The Labute approximate surface area is 117 Å². The standard InChI is InChI=1S/C12H10N4OS2/c17-10(16-11-13-5-6-18-11)7-19-12-14-8-3-1-2-4-9(8)15-12/h1-6H,7H2,(H,14,15)(H,13,16,17)/p+1. The number of hydrogen-bond donors (Lipinski definition) is 2. The highest BCUT2D eigenvalue weighted by molar-refractivity contribution is 7.99. The molecule has 0 radical (unpaired) electrons. The number of hydrogen-bond acceptors (Lipinski definition) is 4. The van der Waals surface area contributed by atoms with Crippen LogP contribution in [-0.4, -0.2) is 21.6 Å². The van der Waals surface area contributed by atoms with Gasteiger partial charge in [-0.3, -0.25) is 4.79 Å². The van der Waals surface area contributed by atoms with E-state index in [0.29, 0.717) is 10.9 Å². The summed E-state index contributed by atoms with van der Waals surface area (Å²) in [5, 5.41) is 6.07. The molecule has 3 rings (SSSR count). The number of benzene rings is 1. The number of H-pyrrole nitrogens is 2. The van der Waals surface area contributed by atoms with Gasteiger partial charge >= 0.3 is 5.16 Å². The second-order valence-corrected chi connectivity index (χ2v) is 5.68. The molecule has 0 unspecified atom stereocenters. The van der Waals surface area contributed by atoms with E-state index in [1.54, 1.807) is 6.20 Å². The van der Waals surface area contributed by atoms with E-state index in [1.165, 1.54) is 23.1 Å². The number of para-hydroxylation sites is 2. The highest BCUT2D eigenvalue weighted by Gasteiger charge is 2.12. The number of anilines is 1. The summed E-state index contributed by atoms with van der Waals surface area (Å²) in [5.74, 6) is 0.273. The summed E-state index contributed by atoms with van der Waals surface area (Å²) in [6.07, 6.45) is 1.67. The predicted molar refractivity (Wildman–Crippen MR) is 76.3 cm³/mol. The number of carbonyl (C=O) groups excluding carboxylic acids is 1. The van der Waals surface area contributed by atoms with E-state index in [1.807, 2.05) is 29.6 Å². The maximum atomic E-state index is 11.7. The first kappa shape index (κ1) is 12.2. The first-order valence-corrected chi connectivity index (χ1v) is 7.50. The van der Waals surface area contributed by atoms with E-state index < -0.39 is 0 Å². The van der Waals surface area contributed by atoms with Crippen LogP contribution in [0.25, 0.3) is 11.0 Å². The Hall–Kier alpha value is -1.86. The van der Waals surface area contributed by atoms with Crippen LogP contribution >= 0.6 is 23.1 Å². The predicted octanol–water partition coefficient (Wildman–Crippen LogP) is 2.17. The number of imidazole rings is 1. The second kappa shape index (κ2) is 5.41. The zero-order valence-electron chi connectivity index (χ0n) is 9.84. The van der Waals surface area contributed by atoms with Crippen LogP contribution in [0.2, 0.25) is 0 Å². The van der Waals surface area contributed by atoms with Crippen LogP contribution in [0, 0.1) is 0 Å². The number of aromatic nitrogens is 3. The van der Waals surface area contributed by atoms with Gasteiger partial charge in [-0.1, -0.05) is 12.1 Å². The average Bonchev–Trinajstić information content (AvgIpc) is 3.04. The number of fused-ring (bicyclic) bond motifs is 1. The molecule has 2 heterocycles. The highest BCUT2D eigenvalue weighted by Crippen LogP contribution is 2.16. The Morgan fingerprint density at radius 3 is 3.16 bits per heavy atom. The van der Waals surface area contributed by atoms with Crippen molar-refractivity contribution in [2.75, 3.05) is 11.1 Å². The fourth-order valence-electron chi connectivity index (χ4n) is 1.63. The molecule has 0 saturated carbocycles. The molecule has 0 bridgehead atoms.